The fourth-order valence-electron chi connectivity index (χ4n) is 0.872. The molecule has 0 unspecified atom stereocenters. The van der Waals surface area contributed by atoms with Gasteiger partial charge in [0.1, 0.15) is 0 Å². The van der Waals surface area contributed by atoms with Crippen molar-refractivity contribution in [1.29, 1.82) is 0 Å². The highest BCUT2D eigenvalue weighted by Gasteiger charge is 1.92. The molecule has 1 aromatic rings. The molecule has 0 spiro atoms. The van der Waals surface area contributed by atoms with Gasteiger partial charge in [-0.1, -0.05) is 29.8 Å². The van der Waals surface area contributed by atoms with Gasteiger partial charge in [0.05, 0.1) is 6.61 Å². The maximum atomic E-state index is 8.81. The second kappa shape index (κ2) is 6.08. The Morgan fingerprint density at radius 3 is 2.54 bits per heavy atom. The van der Waals surface area contributed by atoms with E-state index in [1.165, 1.54) is 10.4 Å². The summed E-state index contributed by atoms with van der Waals surface area (Å²) in [4.78, 5) is 1.19. The molecule has 0 aliphatic rings. The molecule has 1 rings (SSSR count). The van der Waals surface area contributed by atoms with E-state index in [0.29, 0.717) is 0 Å². The highest BCUT2D eigenvalue weighted by molar-refractivity contribution is 7.99. The van der Waals surface area contributed by atoms with E-state index in [9.17, 15) is 0 Å². The SMILES string of the molecule is OCc1ccc(SC/C=C/Cl)cc1. The van der Waals surface area contributed by atoms with Gasteiger partial charge in [-0.2, -0.15) is 0 Å². The van der Waals surface area contributed by atoms with E-state index in [0.717, 1.165) is 11.3 Å². The lowest BCUT2D eigenvalue weighted by atomic mass is 10.2. The summed E-state index contributed by atoms with van der Waals surface area (Å²) in [6, 6.07) is 7.84. The van der Waals surface area contributed by atoms with Gasteiger partial charge in [0.25, 0.3) is 0 Å². The van der Waals surface area contributed by atoms with Crippen LogP contribution < -0.4 is 0 Å². The molecule has 0 amide bonds. The number of benzene rings is 1. The Kier molecular flexibility index (Phi) is 4.98. The first-order valence-corrected chi connectivity index (χ1v) is 5.37. The molecule has 70 valence electrons. The normalized spacial score (nSPS) is 10.9. The van der Waals surface area contributed by atoms with Crippen LogP contribution in [0.2, 0.25) is 0 Å². The summed E-state index contributed by atoms with van der Waals surface area (Å²) >= 11 is 7.10. The number of aliphatic hydroxyl groups is 1. The van der Waals surface area contributed by atoms with E-state index >= 15 is 0 Å². The molecule has 13 heavy (non-hydrogen) atoms. The Morgan fingerprint density at radius 1 is 1.31 bits per heavy atom. The minimum Gasteiger partial charge on any atom is -0.392 e. The van der Waals surface area contributed by atoms with E-state index < -0.39 is 0 Å². The van der Waals surface area contributed by atoms with Crippen molar-refractivity contribution >= 4 is 23.4 Å². The van der Waals surface area contributed by atoms with Crippen LogP contribution in [-0.4, -0.2) is 10.9 Å². The number of aliphatic hydroxyl groups excluding tert-OH is 1. The Balaban J connectivity index is 2.49. The number of rotatable bonds is 4. The van der Waals surface area contributed by atoms with Crippen LogP contribution in [0, 0.1) is 0 Å². The summed E-state index contributed by atoms with van der Waals surface area (Å²) in [6.45, 7) is 0.104. The second-order valence-electron chi connectivity index (χ2n) is 2.47. The van der Waals surface area contributed by atoms with Crippen LogP contribution in [0.4, 0.5) is 0 Å². The summed E-state index contributed by atoms with van der Waals surface area (Å²) in [5.41, 5.74) is 2.46. The van der Waals surface area contributed by atoms with Crippen molar-refractivity contribution in [2.45, 2.75) is 11.5 Å². The van der Waals surface area contributed by atoms with Crippen molar-refractivity contribution in [2.75, 3.05) is 5.75 Å². The average molecular weight is 215 g/mol. The third-order valence-electron chi connectivity index (χ3n) is 1.54. The Bertz CT molecular complexity index is 269. The van der Waals surface area contributed by atoms with E-state index in [2.05, 4.69) is 0 Å². The lowest BCUT2D eigenvalue weighted by Crippen LogP contribution is -1.81. The standard InChI is InChI=1S/C10H11ClOS/c11-6-1-7-13-10-4-2-9(8-12)3-5-10/h1-6,12H,7-8H2/b6-1+. The van der Waals surface area contributed by atoms with Crippen LogP contribution in [0.15, 0.2) is 40.8 Å². The molecule has 1 N–H and O–H groups in total. The number of hydrogen-bond acceptors (Lipinski definition) is 2. The smallest absolute Gasteiger partial charge is 0.0681 e. The van der Waals surface area contributed by atoms with Crippen molar-refractivity contribution in [1.82, 2.24) is 0 Å². The third-order valence-corrected chi connectivity index (χ3v) is 2.68. The van der Waals surface area contributed by atoms with Crippen molar-refractivity contribution in [3.8, 4) is 0 Å². The third kappa shape index (κ3) is 3.85. The maximum absolute atomic E-state index is 8.81. The molecule has 0 aliphatic heterocycles. The van der Waals surface area contributed by atoms with Gasteiger partial charge >= 0.3 is 0 Å². The van der Waals surface area contributed by atoms with Gasteiger partial charge in [-0.3, -0.25) is 0 Å². The molecule has 0 saturated carbocycles. The van der Waals surface area contributed by atoms with Crippen molar-refractivity contribution in [3.63, 3.8) is 0 Å². The minimum atomic E-state index is 0.104. The largest absolute Gasteiger partial charge is 0.392 e. The number of hydrogen-bond donors (Lipinski definition) is 1. The highest BCUT2D eigenvalue weighted by atomic mass is 35.5. The zero-order chi connectivity index (χ0) is 9.52. The Morgan fingerprint density at radius 2 is 2.00 bits per heavy atom. The first kappa shape index (κ1) is 10.6. The molecule has 0 aromatic heterocycles. The van der Waals surface area contributed by atoms with Crippen LogP contribution >= 0.6 is 23.4 Å². The summed E-state index contributed by atoms with van der Waals surface area (Å²) in [5, 5.41) is 8.81. The van der Waals surface area contributed by atoms with Gasteiger partial charge in [-0.25, -0.2) is 0 Å². The molecule has 0 heterocycles. The van der Waals surface area contributed by atoms with Crippen LogP contribution in [0.1, 0.15) is 5.56 Å². The number of thioether (sulfide) groups is 1. The summed E-state index contributed by atoms with van der Waals surface area (Å²) in [7, 11) is 0. The molecular formula is C10H11ClOS. The van der Waals surface area contributed by atoms with E-state index in [4.69, 9.17) is 16.7 Å². The molecule has 3 heteroatoms. The fraction of sp³-hybridized carbons (Fsp3) is 0.200. The molecule has 0 bridgehead atoms. The van der Waals surface area contributed by atoms with Gasteiger partial charge in [0, 0.05) is 16.2 Å². The predicted octanol–water partition coefficient (Wildman–Crippen LogP) is 3.02. The first-order chi connectivity index (χ1) is 6.36. The zero-order valence-electron chi connectivity index (χ0n) is 7.11. The van der Waals surface area contributed by atoms with Gasteiger partial charge < -0.3 is 5.11 Å². The van der Waals surface area contributed by atoms with Crippen LogP contribution in [0.3, 0.4) is 0 Å². The highest BCUT2D eigenvalue weighted by Crippen LogP contribution is 2.18. The van der Waals surface area contributed by atoms with Crippen molar-refractivity contribution in [3.05, 3.63) is 41.4 Å². The first-order valence-electron chi connectivity index (χ1n) is 3.94. The summed E-state index contributed by atoms with van der Waals surface area (Å²) in [6.07, 6.45) is 1.90. The minimum absolute atomic E-state index is 0.104. The summed E-state index contributed by atoms with van der Waals surface area (Å²) < 4.78 is 0. The lowest BCUT2D eigenvalue weighted by molar-refractivity contribution is 0.282. The molecule has 0 radical (unpaired) electrons. The van der Waals surface area contributed by atoms with Crippen molar-refractivity contribution < 1.29 is 5.11 Å². The molecule has 0 fully saturated rings. The van der Waals surface area contributed by atoms with Crippen LogP contribution in [-0.2, 0) is 6.61 Å². The van der Waals surface area contributed by atoms with E-state index in [1.807, 2.05) is 30.3 Å². The molecular weight excluding hydrogens is 204 g/mol. The molecule has 0 atom stereocenters. The second-order valence-corrected chi connectivity index (χ2v) is 3.82. The topological polar surface area (TPSA) is 20.2 Å². The maximum Gasteiger partial charge on any atom is 0.0681 e. The monoisotopic (exact) mass is 214 g/mol. The molecule has 0 saturated heterocycles. The number of halogens is 1. The quantitative estimate of drug-likeness (QED) is 0.778. The van der Waals surface area contributed by atoms with Crippen LogP contribution in [0.25, 0.3) is 0 Å². The van der Waals surface area contributed by atoms with E-state index in [-0.39, 0.29) is 6.61 Å². The predicted molar refractivity (Wildman–Crippen MR) is 58.1 cm³/mol. The molecule has 0 aliphatic carbocycles. The van der Waals surface area contributed by atoms with E-state index in [1.54, 1.807) is 11.8 Å². The van der Waals surface area contributed by atoms with Gasteiger partial charge in [-0.05, 0) is 17.7 Å². The summed E-state index contributed by atoms with van der Waals surface area (Å²) in [5.74, 6) is 0.877. The van der Waals surface area contributed by atoms with Gasteiger partial charge in [0.2, 0.25) is 0 Å². The molecule has 1 nitrogen and oxygen atoms in total. The Labute approximate surface area is 87.4 Å². The van der Waals surface area contributed by atoms with Crippen molar-refractivity contribution in [2.24, 2.45) is 0 Å². The average Bonchev–Trinajstić information content (AvgIpc) is 2.19. The molecule has 1 aromatic carbocycles. The lowest BCUT2D eigenvalue weighted by Gasteiger charge is -1.99. The van der Waals surface area contributed by atoms with Gasteiger partial charge in [0.15, 0.2) is 0 Å². The zero-order valence-corrected chi connectivity index (χ0v) is 8.68. The Hall–Kier alpha value is -0.440. The van der Waals surface area contributed by atoms with Gasteiger partial charge in [-0.15, -0.1) is 11.8 Å². The van der Waals surface area contributed by atoms with Crippen LogP contribution in [0.5, 0.6) is 0 Å². The fourth-order valence-corrected chi connectivity index (χ4v) is 1.78.